The smallest absolute Gasteiger partial charge is 0.262 e. The number of methoxy groups -OCH3 is 1. The van der Waals surface area contributed by atoms with Crippen LogP contribution in [0.3, 0.4) is 0 Å². The van der Waals surface area contributed by atoms with Gasteiger partial charge in [-0.3, -0.25) is 4.79 Å². The lowest BCUT2D eigenvalue weighted by molar-refractivity contribution is -0.118. The number of anilines is 2. The van der Waals surface area contributed by atoms with E-state index in [0.717, 1.165) is 36.1 Å². The molecule has 1 aromatic heterocycles. The zero-order valence-corrected chi connectivity index (χ0v) is 18.5. The molecule has 0 bridgehead atoms. The Labute approximate surface area is 188 Å². The van der Waals surface area contributed by atoms with Crippen LogP contribution in [0, 0.1) is 5.92 Å². The molecular formula is C25H28N4O3. The number of hydrogen-bond acceptors (Lipinski definition) is 6. The Hall–Kier alpha value is -3.61. The predicted octanol–water partition coefficient (Wildman–Crippen LogP) is 4.41. The van der Waals surface area contributed by atoms with Crippen LogP contribution in [0.15, 0.2) is 60.7 Å². The van der Waals surface area contributed by atoms with E-state index in [1.54, 1.807) is 19.2 Å². The number of carbonyl (C=O) groups excluding carboxylic acids is 1. The van der Waals surface area contributed by atoms with Gasteiger partial charge in [0.2, 0.25) is 0 Å². The molecule has 0 radical (unpaired) electrons. The number of hydrogen-bond donors (Lipinski definition) is 1. The van der Waals surface area contributed by atoms with Crippen molar-refractivity contribution in [2.24, 2.45) is 5.92 Å². The van der Waals surface area contributed by atoms with Crippen LogP contribution in [-0.2, 0) is 4.79 Å². The number of piperidine rings is 1. The molecule has 1 saturated heterocycles. The highest BCUT2D eigenvalue weighted by molar-refractivity contribution is 5.92. The van der Waals surface area contributed by atoms with Crippen molar-refractivity contribution in [1.29, 1.82) is 0 Å². The predicted molar refractivity (Wildman–Crippen MR) is 125 cm³/mol. The number of nitrogens with one attached hydrogen (secondary N) is 1. The zero-order chi connectivity index (χ0) is 22.3. The summed E-state index contributed by atoms with van der Waals surface area (Å²) in [5, 5.41) is 11.7. The van der Waals surface area contributed by atoms with Gasteiger partial charge in [0.1, 0.15) is 11.5 Å². The van der Waals surface area contributed by atoms with E-state index in [-0.39, 0.29) is 12.5 Å². The van der Waals surface area contributed by atoms with Crippen molar-refractivity contribution >= 4 is 17.4 Å². The number of nitrogens with zero attached hydrogens (tertiary/aromatic N) is 3. The Balaban J connectivity index is 1.36. The Morgan fingerprint density at radius 3 is 2.56 bits per heavy atom. The average Bonchev–Trinajstić information content (AvgIpc) is 2.84. The van der Waals surface area contributed by atoms with Gasteiger partial charge in [-0.1, -0.05) is 25.1 Å². The van der Waals surface area contributed by atoms with Crippen LogP contribution in [-0.4, -0.2) is 42.9 Å². The van der Waals surface area contributed by atoms with E-state index in [1.165, 1.54) is 12.8 Å². The minimum absolute atomic E-state index is 0.0969. The van der Waals surface area contributed by atoms with Crippen molar-refractivity contribution < 1.29 is 14.3 Å². The molecule has 4 rings (SSSR count). The second kappa shape index (κ2) is 10.1. The quantitative estimate of drug-likeness (QED) is 0.596. The summed E-state index contributed by atoms with van der Waals surface area (Å²) in [5.41, 5.74) is 2.34. The van der Waals surface area contributed by atoms with Gasteiger partial charge in [-0.05, 0) is 55.2 Å². The summed E-state index contributed by atoms with van der Waals surface area (Å²) in [6.07, 6.45) is 2.37. The van der Waals surface area contributed by atoms with E-state index < -0.39 is 0 Å². The highest BCUT2D eigenvalue weighted by Crippen LogP contribution is 2.24. The van der Waals surface area contributed by atoms with Gasteiger partial charge in [0.25, 0.3) is 5.91 Å². The third kappa shape index (κ3) is 5.55. The Bertz CT molecular complexity index is 1050. The normalized spacial score (nSPS) is 14.1. The number of rotatable bonds is 7. The number of amides is 1. The lowest BCUT2D eigenvalue weighted by Crippen LogP contribution is -2.33. The zero-order valence-electron chi connectivity index (χ0n) is 18.5. The van der Waals surface area contributed by atoms with Crippen molar-refractivity contribution in [1.82, 2.24) is 10.2 Å². The monoisotopic (exact) mass is 432 g/mol. The third-order valence-corrected chi connectivity index (χ3v) is 5.61. The van der Waals surface area contributed by atoms with Gasteiger partial charge in [-0.15, -0.1) is 10.2 Å². The van der Waals surface area contributed by atoms with E-state index in [2.05, 4.69) is 27.3 Å². The summed E-state index contributed by atoms with van der Waals surface area (Å²) in [6.45, 7) is 4.24. The van der Waals surface area contributed by atoms with E-state index in [0.29, 0.717) is 17.2 Å². The van der Waals surface area contributed by atoms with E-state index >= 15 is 0 Å². The summed E-state index contributed by atoms with van der Waals surface area (Å²) in [6, 6.07) is 18.7. The van der Waals surface area contributed by atoms with Crippen molar-refractivity contribution in [3.05, 3.63) is 60.7 Å². The average molecular weight is 433 g/mol. The van der Waals surface area contributed by atoms with Crippen LogP contribution >= 0.6 is 0 Å². The van der Waals surface area contributed by atoms with Gasteiger partial charge in [0, 0.05) is 30.4 Å². The highest BCUT2D eigenvalue weighted by Gasteiger charge is 2.17. The maximum atomic E-state index is 12.3. The summed E-state index contributed by atoms with van der Waals surface area (Å²) in [7, 11) is 1.59. The van der Waals surface area contributed by atoms with E-state index in [9.17, 15) is 4.79 Å². The van der Waals surface area contributed by atoms with E-state index in [4.69, 9.17) is 9.47 Å². The highest BCUT2D eigenvalue weighted by atomic mass is 16.5. The third-order valence-electron chi connectivity index (χ3n) is 5.61. The molecule has 1 fully saturated rings. The molecule has 1 aliphatic heterocycles. The van der Waals surface area contributed by atoms with E-state index in [1.807, 2.05) is 48.5 Å². The standard InChI is InChI=1S/C25H28N4O3/c1-18-11-13-29(14-12-18)24-10-9-23(27-28-24)19-5-3-6-20(15-19)26-25(30)17-32-22-8-4-7-21(16-22)31-2/h3-10,15-16,18H,11-14,17H2,1-2H3,(H,26,30). The molecule has 0 saturated carbocycles. The molecule has 0 aliphatic carbocycles. The van der Waals surface area contributed by atoms with Crippen LogP contribution in [0.5, 0.6) is 11.5 Å². The Morgan fingerprint density at radius 1 is 1.03 bits per heavy atom. The molecule has 1 amide bonds. The van der Waals surface area contributed by atoms with Crippen LogP contribution in [0.1, 0.15) is 19.8 Å². The van der Waals surface area contributed by atoms with Gasteiger partial charge in [-0.2, -0.15) is 0 Å². The fraction of sp³-hybridized carbons (Fsp3) is 0.320. The first kappa shape index (κ1) is 21.6. The van der Waals surface area contributed by atoms with Crippen molar-refractivity contribution in [3.8, 4) is 22.8 Å². The topological polar surface area (TPSA) is 76.6 Å². The minimum Gasteiger partial charge on any atom is -0.497 e. The summed E-state index contributed by atoms with van der Waals surface area (Å²) in [5.74, 6) is 2.70. The number of aromatic nitrogens is 2. The van der Waals surface area contributed by atoms with Crippen LogP contribution < -0.4 is 19.7 Å². The SMILES string of the molecule is COc1cccc(OCC(=O)Nc2cccc(-c3ccc(N4CCC(C)CC4)nn3)c2)c1. The van der Waals surface area contributed by atoms with Crippen molar-refractivity contribution in [2.45, 2.75) is 19.8 Å². The fourth-order valence-electron chi connectivity index (χ4n) is 3.68. The molecule has 7 heteroatoms. The van der Waals surface area contributed by atoms with Crippen molar-refractivity contribution in [3.63, 3.8) is 0 Å². The first-order valence-corrected chi connectivity index (χ1v) is 10.9. The van der Waals surface area contributed by atoms with Crippen LogP contribution in [0.2, 0.25) is 0 Å². The molecule has 7 nitrogen and oxygen atoms in total. The second-order valence-corrected chi connectivity index (χ2v) is 8.04. The van der Waals surface area contributed by atoms with Gasteiger partial charge < -0.3 is 19.7 Å². The van der Waals surface area contributed by atoms with Gasteiger partial charge in [0.15, 0.2) is 12.4 Å². The Morgan fingerprint density at radius 2 is 1.81 bits per heavy atom. The summed E-state index contributed by atoms with van der Waals surface area (Å²) >= 11 is 0. The molecule has 1 aliphatic rings. The fourth-order valence-corrected chi connectivity index (χ4v) is 3.68. The first-order valence-electron chi connectivity index (χ1n) is 10.9. The molecule has 2 aromatic carbocycles. The largest absolute Gasteiger partial charge is 0.497 e. The number of carbonyl (C=O) groups is 1. The first-order chi connectivity index (χ1) is 15.6. The maximum absolute atomic E-state index is 12.3. The lowest BCUT2D eigenvalue weighted by atomic mass is 9.99. The molecule has 0 unspecified atom stereocenters. The van der Waals surface area contributed by atoms with Gasteiger partial charge in [-0.25, -0.2) is 0 Å². The Kier molecular flexibility index (Phi) is 6.84. The lowest BCUT2D eigenvalue weighted by Gasteiger charge is -2.30. The molecular weight excluding hydrogens is 404 g/mol. The second-order valence-electron chi connectivity index (χ2n) is 8.04. The molecule has 1 N–H and O–H groups in total. The van der Waals surface area contributed by atoms with Crippen molar-refractivity contribution in [2.75, 3.05) is 37.0 Å². The minimum atomic E-state index is -0.245. The number of benzene rings is 2. The summed E-state index contributed by atoms with van der Waals surface area (Å²) < 4.78 is 10.7. The maximum Gasteiger partial charge on any atom is 0.262 e. The summed E-state index contributed by atoms with van der Waals surface area (Å²) in [4.78, 5) is 14.6. The molecule has 32 heavy (non-hydrogen) atoms. The van der Waals surface area contributed by atoms with Crippen LogP contribution in [0.25, 0.3) is 11.3 Å². The van der Waals surface area contributed by atoms with Gasteiger partial charge in [0.05, 0.1) is 12.8 Å². The molecule has 3 aromatic rings. The number of ether oxygens (including phenoxy) is 2. The molecule has 0 atom stereocenters. The molecule has 2 heterocycles. The van der Waals surface area contributed by atoms with Crippen LogP contribution in [0.4, 0.5) is 11.5 Å². The molecule has 166 valence electrons. The van der Waals surface area contributed by atoms with Gasteiger partial charge >= 0.3 is 0 Å². The molecule has 0 spiro atoms.